The second kappa shape index (κ2) is 15.3. The molecule has 0 fully saturated rings. The van der Waals surface area contributed by atoms with Crippen molar-refractivity contribution in [3.05, 3.63) is 54.2 Å². The smallest absolute Gasteiger partial charge is 0.326 e. The number of nitrogens with one attached hydrogen (secondary N) is 5. The predicted molar refractivity (Wildman–Crippen MR) is 160 cm³/mol. The Morgan fingerprint density at radius 3 is 2.35 bits per heavy atom. The van der Waals surface area contributed by atoms with Crippen LogP contribution in [0.2, 0.25) is 0 Å². The van der Waals surface area contributed by atoms with Crippen molar-refractivity contribution in [3.63, 3.8) is 0 Å². The Bertz CT molecular complexity index is 1410. The maximum atomic E-state index is 13.5. The van der Waals surface area contributed by atoms with E-state index < -0.39 is 53.8 Å². The third-order valence-corrected chi connectivity index (χ3v) is 6.87. The number of carboxylic acid groups (broad SMARTS) is 1. The minimum absolute atomic E-state index is 0.0480. The summed E-state index contributed by atoms with van der Waals surface area (Å²) in [4.78, 5) is 65.4. The van der Waals surface area contributed by atoms with Crippen molar-refractivity contribution in [3.8, 4) is 0 Å². The molecule has 0 aliphatic carbocycles. The summed E-state index contributed by atoms with van der Waals surface area (Å²) in [6, 6.07) is 3.26. The summed E-state index contributed by atoms with van der Waals surface area (Å²) < 4.78 is 0. The number of nitrogens with zero attached hydrogens (tertiary/aromatic N) is 2. The molecule has 1 aromatic carbocycles. The normalized spacial score (nSPS) is 14.0. The average Bonchev–Trinajstić information content (AvgIpc) is 3.62. The van der Waals surface area contributed by atoms with E-state index in [-0.39, 0.29) is 31.8 Å². The van der Waals surface area contributed by atoms with Gasteiger partial charge in [-0.25, -0.2) is 9.78 Å². The number of para-hydroxylation sites is 1. The van der Waals surface area contributed by atoms with E-state index in [0.29, 0.717) is 12.1 Å². The topological polar surface area (TPSA) is 259 Å². The molecular formula is C28H40N10O5. The summed E-state index contributed by atoms with van der Waals surface area (Å²) in [7, 11) is 0. The number of rotatable bonds is 16. The van der Waals surface area contributed by atoms with Crippen LogP contribution in [0.1, 0.15) is 37.9 Å². The van der Waals surface area contributed by atoms with E-state index in [1.807, 2.05) is 24.3 Å². The second-order valence-electron chi connectivity index (χ2n) is 10.6. The molecule has 0 bridgehead atoms. The monoisotopic (exact) mass is 596 g/mol. The number of H-pyrrole nitrogens is 2. The molecule has 12 N–H and O–H groups in total. The number of fused-ring (bicyclic) bond motifs is 1. The highest BCUT2D eigenvalue weighted by Gasteiger charge is 2.32. The van der Waals surface area contributed by atoms with Gasteiger partial charge in [-0.3, -0.25) is 19.4 Å². The van der Waals surface area contributed by atoms with E-state index in [4.69, 9.17) is 17.2 Å². The van der Waals surface area contributed by atoms with Crippen LogP contribution in [0.4, 0.5) is 0 Å². The number of benzene rings is 1. The summed E-state index contributed by atoms with van der Waals surface area (Å²) in [5.74, 6) is -3.64. The van der Waals surface area contributed by atoms with Gasteiger partial charge in [0.1, 0.15) is 18.1 Å². The maximum Gasteiger partial charge on any atom is 0.326 e. The molecule has 4 unspecified atom stereocenters. The average molecular weight is 597 g/mol. The Balaban J connectivity index is 1.69. The fourth-order valence-corrected chi connectivity index (χ4v) is 4.55. The van der Waals surface area contributed by atoms with E-state index in [9.17, 15) is 24.3 Å². The molecule has 3 aromatic rings. The minimum Gasteiger partial charge on any atom is -0.480 e. The largest absolute Gasteiger partial charge is 0.480 e. The quantitative estimate of drug-likeness (QED) is 0.0571. The Kier molecular flexibility index (Phi) is 11.6. The molecule has 3 rings (SSSR count). The van der Waals surface area contributed by atoms with Crippen LogP contribution < -0.4 is 33.2 Å². The van der Waals surface area contributed by atoms with Gasteiger partial charge in [-0.1, -0.05) is 32.0 Å². The molecular weight excluding hydrogens is 556 g/mol. The molecule has 2 heterocycles. The summed E-state index contributed by atoms with van der Waals surface area (Å²) in [6.07, 6.45) is 5.42. The molecule has 4 atom stereocenters. The summed E-state index contributed by atoms with van der Waals surface area (Å²) in [6.45, 7) is 3.61. The van der Waals surface area contributed by atoms with Gasteiger partial charge in [-0.05, 0) is 36.8 Å². The summed E-state index contributed by atoms with van der Waals surface area (Å²) in [5, 5.41) is 18.4. The predicted octanol–water partition coefficient (Wildman–Crippen LogP) is -0.748. The van der Waals surface area contributed by atoms with Gasteiger partial charge in [-0.15, -0.1) is 0 Å². The Morgan fingerprint density at radius 2 is 1.70 bits per heavy atom. The lowest BCUT2D eigenvalue weighted by molar-refractivity contribution is -0.142. The number of carboxylic acids is 1. The Morgan fingerprint density at radius 1 is 0.977 bits per heavy atom. The number of hydrogen-bond donors (Lipinski definition) is 9. The zero-order valence-corrected chi connectivity index (χ0v) is 24.2. The first-order chi connectivity index (χ1) is 20.5. The molecule has 0 saturated heterocycles. The molecule has 15 heteroatoms. The summed E-state index contributed by atoms with van der Waals surface area (Å²) in [5.41, 5.74) is 19.2. The van der Waals surface area contributed by atoms with Crippen LogP contribution in [0.15, 0.2) is 48.0 Å². The van der Waals surface area contributed by atoms with E-state index in [2.05, 4.69) is 35.9 Å². The van der Waals surface area contributed by atoms with Crippen LogP contribution in [0.25, 0.3) is 10.9 Å². The van der Waals surface area contributed by atoms with Gasteiger partial charge in [0.25, 0.3) is 0 Å². The van der Waals surface area contributed by atoms with Crippen LogP contribution in [0.5, 0.6) is 0 Å². The van der Waals surface area contributed by atoms with E-state index >= 15 is 0 Å². The molecule has 2 aromatic heterocycles. The zero-order valence-electron chi connectivity index (χ0n) is 24.2. The first-order valence-corrected chi connectivity index (χ1v) is 13.9. The second-order valence-corrected chi connectivity index (χ2v) is 10.6. The number of carbonyl (C=O) groups excluding carboxylic acids is 3. The number of aliphatic carboxylic acids is 1. The van der Waals surface area contributed by atoms with Crippen LogP contribution >= 0.6 is 0 Å². The van der Waals surface area contributed by atoms with Crippen molar-refractivity contribution >= 4 is 40.6 Å². The fourth-order valence-electron chi connectivity index (χ4n) is 4.55. The highest BCUT2D eigenvalue weighted by molar-refractivity contribution is 5.94. The van der Waals surface area contributed by atoms with Gasteiger partial charge in [0.2, 0.25) is 17.7 Å². The first kappa shape index (κ1) is 32.6. The molecule has 0 aliphatic heterocycles. The third kappa shape index (κ3) is 9.56. The number of aromatic nitrogens is 3. The number of hydrogen-bond acceptors (Lipinski definition) is 7. The van der Waals surface area contributed by atoms with Crippen LogP contribution in [-0.4, -0.2) is 80.4 Å². The van der Waals surface area contributed by atoms with Gasteiger partial charge in [-0.2, -0.15) is 0 Å². The molecule has 0 aliphatic rings. The van der Waals surface area contributed by atoms with Crippen molar-refractivity contribution < 1.29 is 24.3 Å². The number of aliphatic imine (C=N–C) groups is 1. The number of guanidine groups is 1. The number of amides is 3. The first-order valence-electron chi connectivity index (χ1n) is 13.9. The van der Waals surface area contributed by atoms with Gasteiger partial charge < -0.3 is 48.2 Å². The molecule has 232 valence electrons. The molecule has 43 heavy (non-hydrogen) atoms. The Hall–Kier alpha value is -4.92. The van der Waals surface area contributed by atoms with Crippen LogP contribution in [0.3, 0.4) is 0 Å². The van der Waals surface area contributed by atoms with Crippen molar-refractivity contribution in [2.45, 2.75) is 63.7 Å². The molecule has 15 nitrogen and oxygen atoms in total. The highest BCUT2D eigenvalue weighted by Crippen LogP contribution is 2.19. The lowest BCUT2D eigenvalue weighted by atomic mass is 10.0. The number of carbonyl (C=O) groups is 4. The Labute approximate surface area is 248 Å². The minimum atomic E-state index is -1.24. The molecule has 0 radical (unpaired) electrons. The van der Waals surface area contributed by atoms with Gasteiger partial charge in [0.05, 0.1) is 12.4 Å². The summed E-state index contributed by atoms with van der Waals surface area (Å²) >= 11 is 0. The van der Waals surface area contributed by atoms with Gasteiger partial charge >= 0.3 is 5.97 Å². The SMILES string of the molecule is CC(C)C(NC(=O)C(Cc1cnc[nH]1)NC(=O)C(N)Cc1c[nH]c2ccccc12)C(=O)NC(CCCN=C(N)N)C(=O)O. The third-order valence-electron chi connectivity index (χ3n) is 6.87. The van der Waals surface area contributed by atoms with E-state index in [1.165, 1.54) is 12.5 Å². The number of nitrogens with two attached hydrogens (primary N) is 3. The van der Waals surface area contributed by atoms with Crippen LogP contribution in [0, 0.1) is 5.92 Å². The number of imidazole rings is 1. The molecule has 0 saturated carbocycles. The van der Waals surface area contributed by atoms with E-state index in [1.54, 1.807) is 20.0 Å². The lowest BCUT2D eigenvalue weighted by Gasteiger charge is -2.27. The van der Waals surface area contributed by atoms with Crippen molar-refractivity contribution in [2.24, 2.45) is 28.1 Å². The highest BCUT2D eigenvalue weighted by atomic mass is 16.4. The van der Waals surface area contributed by atoms with Crippen LogP contribution in [-0.2, 0) is 32.0 Å². The van der Waals surface area contributed by atoms with Crippen molar-refractivity contribution in [1.82, 2.24) is 30.9 Å². The number of aromatic amines is 2. The standard InChI is InChI=1S/C28H40N10O5/c1-15(2)23(26(41)36-21(27(42)43)8-5-9-33-28(30)31)38-25(40)22(11-17-13-32-14-35-17)37-24(39)19(29)10-16-12-34-20-7-4-3-6-18(16)20/h3-4,6-7,12-15,19,21-23,34H,5,8-11,29H2,1-2H3,(H,32,35)(H,36,41)(H,37,39)(H,38,40)(H,42,43)(H4,30,31,33). The molecule has 0 spiro atoms. The van der Waals surface area contributed by atoms with Gasteiger partial charge in [0, 0.05) is 42.0 Å². The van der Waals surface area contributed by atoms with Gasteiger partial charge in [0.15, 0.2) is 5.96 Å². The van der Waals surface area contributed by atoms with Crippen molar-refractivity contribution in [2.75, 3.05) is 6.54 Å². The zero-order chi connectivity index (χ0) is 31.5. The van der Waals surface area contributed by atoms with E-state index in [0.717, 1.165) is 16.5 Å². The lowest BCUT2D eigenvalue weighted by Crippen LogP contribution is -2.59. The maximum absolute atomic E-state index is 13.5. The molecule has 3 amide bonds. The van der Waals surface area contributed by atoms with Crippen molar-refractivity contribution in [1.29, 1.82) is 0 Å². The fraction of sp³-hybridized carbons (Fsp3) is 0.429.